The van der Waals surface area contributed by atoms with E-state index in [-0.39, 0.29) is 0 Å². The van der Waals surface area contributed by atoms with Gasteiger partial charge in [0.25, 0.3) is 0 Å². The summed E-state index contributed by atoms with van der Waals surface area (Å²) in [6.07, 6.45) is 0. The summed E-state index contributed by atoms with van der Waals surface area (Å²) in [5.41, 5.74) is 5.11. The fraction of sp³-hybridized carbons (Fsp3) is 0. The monoisotopic (exact) mass is 470 g/mol. The van der Waals surface area contributed by atoms with Gasteiger partial charge < -0.3 is 0 Å². The second-order valence-corrected chi connectivity index (χ2v) is 16.3. The molecule has 1 aliphatic heterocycles. The summed E-state index contributed by atoms with van der Waals surface area (Å²) in [6, 6.07) is 36.7. The molecule has 4 aromatic rings. The van der Waals surface area contributed by atoms with E-state index in [4.69, 9.17) is 8.96 Å². The molecule has 0 saturated carbocycles. The van der Waals surface area contributed by atoms with E-state index in [1.54, 1.807) is 0 Å². The van der Waals surface area contributed by atoms with Crippen molar-refractivity contribution >= 4 is 36.9 Å². The van der Waals surface area contributed by atoms with Gasteiger partial charge in [-0.05, 0) is 0 Å². The maximum atomic E-state index is 7.70. The third kappa shape index (κ3) is 2.29. The van der Waals surface area contributed by atoms with E-state index in [1.165, 1.54) is 33.1 Å². The summed E-state index contributed by atoms with van der Waals surface area (Å²) >= 11 is -3.25. The number of fused-ring (bicyclic) bond motifs is 3. The van der Waals surface area contributed by atoms with Crippen LogP contribution in [0.5, 0.6) is 0 Å². The van der Waals surface area contributed by atoms with Crippen LogP contribution in [0.15, 0.2) is 103 Å². The Bertz CT molecular complexity index is 1060. The molecule has 0 amide bonds. The normalized spacial score (nSPS) is 15.1. The summed E-state index contributed by atoms with van der Waals surface area (Å²) < 4.78 is 4.02. The van der Waals surface area contributed by atoms with Crippen LogP contribution in [0.4, 0.5) is 0 Å². The van der Waals surface area contributed by atoms with Gasteiger partial charge in [-0.2, -0.15) is 0 Å². The van der Waals surface area contributed by atoms with E-state index in [9.17, 15) is 0 Å². The van der Waals surface area contributed by atoms with Gasteiger partial charge in [0.05, 0.1) is 0 Å². The van der Waals surface area contributed by atoms with Crippen molar-refractivity contribution in [2.75, 3.05) is 0 Å². The minimum atomic E-state index is -3.25. The first-order valence-electron chi connectivity index (χ1n) is 8.66. The molecule has 0 spiro atoms. The molecule has 0 unspecified atom stereocenters. The van der Waals surface area contributed by atoms with Crippen molar-refractivity contribution < 1.29 is 0 Å². The molecule has 0 aliphatic carbocycles. The van der Waals surface area contributed by atoms with Crippen LogP contribution < -0.4 is 10.8 Å². The van der Waals surface area contributed by atoms with Gasteiger partial charge in [0, 0.05) is 0 Å². The van der Waals surface area contributed by atoms with Crippen molar-refractivity contribution in [1.82, 2.24) is 0 Å². The molecular formula is C24H17ClTe. The quantitative estimate of drug-likeness (QED) is 0.379. The Morgan fingerprint density at radius 3 is 1.35 bits per heavy atom. The molecule has 0 fully saturated rings. The summed E-state index contributed by atoms with van der Waals surface area (Å²) in [4.78, 5) is 0. The predicted octanol–water partition coefficient (Wildman–Crippen LogP) is 4.54. The summed E-state index contributed by atoms with van der Waals surface area (Å²) in [5.74, 6) is 0. The second kappa shape index (κ2) is 6.29. The molecule has 2 heteroatoms. The number of hydrogen-bond acceptors (Lipinski definition) is 0. The van der Waals surface area contributed by atoms with E-state index >= 15 is 0 Å². The molecule has 0 nitrogen and oxygen atoms in total. The van der Waals surface area contributed by atoms with Crippen LogP contribution in [0.3, 0.4) is 0 Å². The molecule has 0 bridgehead atoms. The van der Waals surface area contributed by atoms with E-state index in [0.29, 0.717) is 0 Å². The van der Waals surface area contributed by atoms with Gasteiger partial charge >= 0.3 is 162 Å². The molecule has 0 N–H and O–H groups in total. The third-order valence-electron chi connectivity index (χ3n) is 4.95. The standard InChI is InChI=1S/C24H17ClTe/c25-26(22-15-7-4-12-19(22)18-10-2-1-3-11-18)23-16-8-5-13-20(23)21-14-6-9-17-24(21)26/h1-17H. The van der Waals surface area contributed by atoms with Gasteiger partial charge in [-0.1, -0.05) is 0 Å². The topological polar surface area (TPSA) is 0 Å². The van der Waals surface area contributed by atoms with Crippen LogP contribution >= 0.6 is 8.96 Å². The first-order chi connectivity index (χ1) is 12.8. The van der Waals surface area contributed by atoms with Gasteiger partial charge in [0.2, 0.25) is 0 Å². The van der Waals surface area contributed by atoms with Crippen molar-refractivity contribution in [2.24, 2.45) is 0 Å². The third-order valence-corrected chi connectivity index (χ3v) is 16.5. The molecule has 5 rings (SSSR count). The zero-order valence-electron chi connectivity index (χ0n) is 14.1. The SMILES string of the molecule is Cl[Te]1(c2ccccc2-c2ccccc2)c2ccccc2-c2ccccc21. The Kier molecular flexibility index (Phi) is 3.91. The Hall–Kier alpha value is -2.04. The minimum absolute atomic E-state index is 1.23. The van der Waals surface area contributed by atoms with Crippen LogP contribution in [-0.2, 0) is 0 Å². The van der Waals surface area contributed by atoms with Gasteiger partial charge in [0.15, 0.2) is 0 Å². The first-order valence-corrected chi connectivity index (χ1v) is 15.1. The van der Waals surface area contributed by atoms with Crippen LogP contribution in [0.2, 0.25) is 0 Å². The molecule has 4 aromatic carbocycles. The predicted molar refractivity (Wildman–Crippen MR) is 114 cm³/mol. The van der Waals surface area contributed by atoms with Crippen LogP contribution in [0.1, 0.15) is 0 Å². The van der Waals surface area contributed by atoms with Crippen molar-refractivity contribution in [2.45, 2.75) is 0 Å². The average molecular weight is 468 g/mol. The Morgan fingerprint density at radius 1 is 0.423 bits per heavy atom. The van der Waals surface area contributed by atoms with E-state index < -0.39 is 17.1 Å². The Balaban J connectivity index is 1.85. The summed E-state index contributed by atoms with van der Waals surface area (Å²) in [7, 11) is 7.70. The molecule has 0 saturated heterocycles. The first kappa shape index (κ1) is 16.2. The Morgan fingerprint density at radius 2 is 0.808 bits per heavy atom. The molecule has 1 heterocycles. The van der Waals surface area contributed by atoms with Gasteiger partial charge in [-0.3, -0.25) is 0 Å². The fourth-order valence-corrected chi connectivity index (χ4v) is 14.9. The fourth-order valence-electron chi connectivity index (χ4n) is 3.79. The van der Waals surface area contributed by atoms with Crippen molar-refractivity contribution in [3.8, 4) is 22.3 Å². The number of rotatable bonds is 2. The molecule has 0 atom stereocenters. The van der Waals surface area contributed by atoms with Crippen molar-refractivity contribution in [1.29, 1.82) is 0 Å². The van der Waals surface area contributed by atoms with Gasteiger partial charge in [0.1, 0.15) is 0 Å². The van der Waals surface area contributed by atoms with E-state index in [1.807, 2.05) is 0 Å². The maximum absolute atomic E-state index is 7.70. The van der Waals surface area contributed by atoms with Gasteiger partial charge in [-0.15, -0.1) is 0 Å². The summed E-state index contributed by atoms with van der Waals surface area (Å²) in [5, 5.41) is 0. The zero-order chi connectivity index (χ0) is 17.6. The molecular weight excluding hydrogens is 451 g/mol. The van der Waals surface area contributed by atoms with E-state index in [2.05, 4.69) is 103 Å². The second-order valence-electron chi connectivity index (χ2n) is 6.39. The average Bonchev–Trinajstić information content (AvgIpc) is 2.99. The number of halogens is 1. The van der Waals surface area contributed by atoms with Crippen molar-refractivity contribution in [3.63, 3.8) is 0 Å². The Labute approximate surface area is 161 Å². The molecule has 1 aliphatic rings. The van der Waals surface area contributed by atoms with Crippen LogP contribution in [-0.4, -0.2) is 17.1 Å². The van der Waals surface area contributed by atoms with Crippen LogP contribution in [0.25, 0.3) is 22.3 Å². The molecule has 0 aromatic heterocycles. The number of benzene rings is 4. The summed E-state index contributed by atoms with van der Waals surface area (Å²) in [6.45, 7) is 0. The molecule has 26 heavy (non-hydrogen) atoms. The zero-order valence-corrected chi connectivity index (χ0v) is 17.2. The van der Waals surface area contributed by atoms with E-state index in [0.717, 1.165) is 0 Å². The number of hydrogen-bond donors (Lipinski definition) is 0. The molecule has 126 valence electrons. The van der Waals surface area contributed by atoms with Crippen LogP contribution in [0, 0.1) is 0 Å². The van der Waals surface area contributed by atoms with Gasteiger partial charge in [-0.25, -0.2) is 0 Å². The van der Waals surface area contributed by atoms with Crippen molar-refractivity contribution in [3.05, 3.63) is 103 Å². The molecule has 0 radical (unpaired) electrons.